The van der Waals surface area contributed by atoms with Gasteiger partial charge >= 0.3 is 12.1 Å². The molecular formula is C5H9ClF3NO2. The topological polar surface area (TPSA) is 52.3 Å². The second-order valence-corrected chi connectivity index (χ2v) is 2.19. The van der Waals surface area contributed by atoms with Crippen molar-refractivity contribution >= 4 is 18.4 Å². The normalized spacial score (nSPS) is 15.8. The third-order valence-electron chi connectivity index (χ3n) is 1.20. The summed E-state index contributed by atoms with van der Waals surface area (Å²) in [5, 5.41) is 0. The van der Waals surface area contributed by atoms with Crippen molar-refractivity contribution in [1.29, 1.82) is 0 Å². The van der Waals surface area contributed by atoms with Gasteiger partial charge in [-0.3, -0.25) is 0 Å². The second kappa shape index (κ2) is 3.95. The van der Waals surface area contributed by atoms with Gasteiger partial charge in [0.1, 0.15) is 0 Å². The Morgan fingerprint density at radius 1 is 1.42 bits per heavy atom. The molecule has 0 fully saturated rings. The van der Waals surface area contributed by atoms with Gasteiger partial charge in [-0.05, 0) is 6.92 Å². The largest absolute Gasteiger partial charge is 0.467 e. The van der Waals surface area contributed by atoms with E-state index in [0.717, 1.165) is 7.11 Å². The summed E-state index contributed by atoms with van der Waals surface area (Å²) in [6, 6.07) is 0. The van der Waals surface area contributed by atoms with Crippen LogP contribution in [0.15, 0.2) is 0 Å². The smallest absolute Gasteiger partial charge is 0.416 e. The number of hydrogen-bond acceptors (Lipinski definition) is 3. The Labute approximate surface area is 73.5 Å². The fourth-order valence-corrected chi connectivity index (χ4v) is 0.328. The number of carbonyl (C=O) groups excluding carboxylic acids is 1. The van der Waals surface area contributed by atoms with E-state index in [9.17, 15) is 18.0 Å². The highest BCUT2D eigenvalue weighted by Gasteiger charge is 2.54. The van der Waals surface area contributed by atoms with Crippen LogP contribution in [0, 0.1) is 0 Å². The number of rotatable bonds is 1. The standard InChI is InChI=1S/C5H8F3NO2.ClH/c1-4(9,3(10)11-2)5(6,7)8;/h9H2,1-2H3;1H/t4-;/m1./s1. The van der Waals surface area contributed by atoms with Crippen LogP contribution < -0.4 is 5.73 Å². The number of ether oxygens (including phenoxy) is 1. The molecule has 0 radical (unpaired) electrons. The molecule has 2 N–H and O–H groups in total. The van der Waals surface area contributed by atoms with Crippen LogP contribution in [0.2, 0.25) is 0 Å². The summed E-state index contributed by atoms with van der Waals surface area (Å²) in [7, 11) is 0.846. The van der Waals surface area contributed by atoms with E-state index in [0.29, 0.717) is 6.92 Å². The van der Waals surface area contributed by atoms with E-state index in [1.807, 2.05) is 0 Å². The van der Waals surface area contributed by atoms with Gasteiger partial charge in [0.2, 0.25) is 5.54 Å². The molecule has 0 heterocycles. The number of halogens is 4. The van der Waals surface area contributed by atoms with E-state index >= 15 is 0 Å². The van der Waals surface area contributed by atoms with Crippen molar-refractivity contribution in [1.82, 2.24) is 0 Å². The number of esters is 1. The van der Waals surface area contributed by atoms with Crippen molar-refractivity contribution in [2.45, 2.75) is 18.6 Å². The molecule has 1 atom stereocenters. The zero-order valence-electron chi connectivity index (χ0n) is 6.44. The van der Waals surface area contributed by atoms with Gasteiger partial charge in [-0.15, -0.1) is 12.4 Å². The number of alkyl halides is 3. The van der Waals surface area contributed by atoms with Crippen LogP contribution in [-0.4, -0.2) is 24.8 Å². The minimum Gasteiger partial charge on any atom is -0.467 e. The number of hydrogen-bond donors (Lipinski definition) is 1. The molecule has 0 aliphatic heterocycles. The van der Waals surface area contributed by atoms with Crippen molar-refractivity contribution < 1.29 is 22.7 Å². The summed E-state index contributed by atoms with van der Waals surface area (Å²) in [4.78, 5) is 10.4. The fraction of sp³-hybridized carbons (Fsp3) is 0.800. The number of nitrogens with two attached hydrogens (primary N) is 1. The van der Waals surface area contributed by atoms with Gasteiger partial charge in [0.25, 0.3) is 0 Å². The molecule has 7 heteroatoms. The molecule has 0 aliphatic carbocycles. The van der Waals surface area contributed by atoms with Gasteiger partial charge in [-0.2, -0.15) is 13.2 Å². The van der Waals surface area contributed by atoms with Gasteiger partial charge in [-0.1, -0.05) is 0 Å². The summed E-state index contributed by atoms with van der Waals surface area (Å²) in [6.07, 6.45) is -4.78. The first kappa shape index (κ1) is 14.1. The Hall–Kier alpha value is -0.490. The lowest BCUT2D eigenvalue weighted by atomic mass is 10.0. The molecule has 0 saturated carbocycles. The lowest BCUT2D eigenvalue weighted by Gasteiger charge is -2.23. The van der Waals surface area contributed by atoms with Gasteiger partial charge in [-0.25, -0.2) is 4.79 Å². The van der Waals surface area contributed by atoms with Gasteiger partial charge in [0, 0.05) is 0 Å². The number of carbonyl (C=O) groups is 1. The summed E-state index contributed by atoms with van der Waals surface area (Å²) in [5.74, 6) is -1.50. The first-order chi connectivity index (χ1) is 4.73. The van der Waals surface area contributed by atoms with E-state index in [1.54, 1.807) is 0 Å². The van der Waals surface area contributed by atoms with E-state index in [1.165, 1.54) is 0 Å². The Morgan fingerprint density at radius 3 is 1.83 bits per heavy atom. The van der Waals surface area contributed by atoms with Crippen LogP contribution in [0.5, 0.6) is 0 Å². The average molecular weight is 208 g/mol. The molecule has 0 bridgehead atoms. The SMILES string of the molecule is COC(=O)[C@@](C)(N)C(F)(F)F.Cl. The van der Waals surface area contributed by atoms with Crippen LogP contribution in [0.1, 0.15) is 6.92 Å². The zero-order valence-corrected chi connectivity index (χ0v) is 7.25. The van der Waals surface area contributed by atoms with Crippen LogP contribution in [0.25, 0.3) is 0 Å². The Kier molecular flexibility index (Phi) is 4.63. The third-order valence-corrected chi connectivity index (χ3v) is 1.20. The highest BCUT2D eigenvalue weighted by atomic mass is 35.5. The van der Waals surface area contributed by atoms with Gasteiger partial charge in [0.15, 0.2) is 0 Å². The monoisotopic (exact) mass is 207 g/mol. The molecule has 0 aromatic rings. The maximum absolute atomic E-state index is 11.8. The summed E-state index contributed by atoms with van der Waals surface area (Å²) in [5.41, 5.74) is 1.73. The molecule has 0 aliphatic rings. The van der Waals surface area contributed by atoms with Crippen LogP contribution >= 0.6 is 12.4 Å². The molecule has 0 aromatic heterocycles. The van der Waals surface area contributed by atoms with Crippen LogP contribution in [0.4, 0.5) is 13.2 Å². The average Bonchev–Trinajstić information content (AvgIpc) is 1.83. The predicted octanol–water partition coefficient (Wildman–Crippen LogP) is 0.861. The highest BCUT2D eigenvalue weighted by molar-refractivity contribution is 5.85. The maximum Gasteiger partial charge on any atom is 0.416 e. The lowest BCUT2D eigenvalue weighted by molar-refractivity contribution is -0.200. The van der Waals surface area contributed by atoms with E-state index in [4.69, 9.17) is 0 Å². The first-order valence-corrected chi connectivity index (χ1v) is 2.67. The van der Waals surface area contributed by atoms with Crippen molar-refractivity contribution in [3.63, 3.8) is 0 Å². The van der Waals surface area contributed by atoms with Crippen LogP contribution in [-0.2, 0) is 9.53 Å². The minimum absolute atomic E-state index is 0. The molecular weight excluding hydrogens is 199 g/mol. The Morgan fingerprint density at radius 2 is 1.75 bits per heavy atom. The van der Waals surface area contributed by atoms with Gasteiger partial charge < -0.3 is 10.5 Å². The summed E-state index contributed by atoms with van der Waals surface area (Å²) in [6.45, 7) is 0.554. The third kappa shape index (κ3) is 2.53. The lowest BCUT2D eigenvalue weighted by Crippen LogP contribution is -2.57. The second-order valence-electron chi connectivity index (χ2n) is 2.19. The van der Waals surface area contributed by atoms with E-state index in [-0.39, 0.29) is 12.4 Å². The van der Waals surface area contributed by atoms with Crippen molar-refractivity contribution in [3.8, 4) is 0 Å². The van der Waals surface area contributed by atoms with E-state index < -0.39 is 17.7 Å². The predicted molar refractivity (Wildman–Crippen MR) is 37.9 cm³/mol. The van der Waals surface area contributed by atoms with Crippen molar-refractivity contribution in [3.05, 3.63) is 0 Å². The number of methoxy groups -OCH3 is 1. The fourth-order valence-electron chi connectivity index (χ4n) is 0.328. The molecule has 0 amide bonds. The minimum atomic E-state index is -4.78. The summed E-state index contributed by atoms with van der Waals surface area (Å²) < 4.78 is 39.4. The molecule has 0 spiro atoms. The zero-order chi connectivity index (χ0) is 9.28. The molecule has 12 heavy (non-hydrogen) atoms. The molecule has 3 nitrogen and oxygen atoms in total. The quantitative estimate of drug-likeness (QED) is 0.649. The molecule has 0 aromatic carbocycles. The molecule has 0 unspecified atom stereocenters. The Bertz CT molecular complexity index is 169. The molecule has 74 valence electrons. The first-order valence-electron chi connectivity index (χ1n) is 2.67. The van der Waals surface area contributed by atoms with Gasteiger partial charge in [0.05, 0.1) is 7.11 Å². The molecule has 0 saturated heterocycles. The maximum atomic E-state index is 11.8. The highest BCUT2D eigenvalue weighted by Crippen LogP contribution is 2.28. The van der Waals surface area contributed by atoms with E-state index in [2.05, 4.69) is 10.5 Å². The van der Waals surface area contributed by atoms with Crippen LogP contribution in [0.3, 0.4) is 0 Å². The van der Waals surface area contributed by atoms with Crippen molar-refractivity contribution in [2.75, 3.05) is 7.11 Å². The molecule has 0 rings (SSSR count). The van der Waals surface area contributed by atoms with Crippen molar-refractivity contribution in [2.24, 2.45) is 5.73 Å². The Balaban J connectivity index is 0. The summed E-state index contributed by atoms with van der Waals surface area (Å²) >= 11 is 0.